The van der Waals surface area contributed by atoms with Gasteiger partial charge in [0.1, 0.15) is 0 Å². The van der Waals surface area contributed by atoms with Crippen molar-refractivity contribution < 1.29 is 28.5 Å². The topological polar surface area (TPSA) is 112 Å². The Kier molecular flexibility index (Phi) is 5.17. The van der Waals surface area contributed by atoms with E-state index in [1.165, 1.54) is 0 Å². The number of aliphatic hydroxyl groups excluding tert-OH is 2. The Balaban J connectivity index is 3.37. The maximum absolute atomic E-state index is 11.9. The predicted molar refractivity (Wildman–Crippen MR) is 68.6 cm³/mol. The van der Waals surface area contributed by atoms with Gasteiger partial charge in [0.25, 0.3) is 0 Å². The van der Waals surface area contributed by atoms with Gasteiger partial charge in [0.05, 0.1) is 39.0 Å². The molecule has 0 bridgehead atoms. The van der Waals surface area contributed by atoms with Crippen molar-refractivity contribution in [1.82, 2.24) is 0 Å². The highest BCUT2D eigenvalue weighted by atomic mass is 35.5. The van der Waals surface area contributed by atoms with Crippen molar-refractivity contribution in [2.75, 3.05) is 12.4 Å². The maximum Gasteiger partial charge on any atom is 0.338 e. The zero-order valence-corrected chi connectivity index (χ0v) is 11.7. The van der Waals surface area contributed by atoms with E-state index in [1.807, 2.05) is 0 Å². The minimum Gasteiger partial charge on any atom is -0.478 e. The van der Waals surface area contributed by atoms with Crippen LogP contribution in [0.4, 0.5) is 0 Å². The van der Waals surface area contributed by atoms with Crippen molar-refractivity contribution in [3.63, 3.8) is 0 Å². The molecule has 1 aromatic rings. The van der Waals surface area contributed by atoms with Crippen molar-refractivity contribution in [1.29, 1.82) is 0 Å². The highest BCUT2D eigenvalue weighted by Crippen LogP contribution is 2.31. The molecule has 0 saturated carbocycles. The second kappa shape index (κ2) is 6.06. The van der Waals surface area contributed by atoms with E-state index in [0.29, 0.717) is 0 Å². The van der Waals surface area contributed by atoms with Crippen molar-refractivity contribution in [3.8, 4) is 0 Å². The van der Waals surface area contributed by atoms with Crippen LogP contribution in [0.5, 0.6) is 0 Å². The van der Waals surface area contributed by atoms with Crippen LogP contribution in [0.2, 0.25) is 10.0 Å². The molecule has 1 unspecified atom stereocenters. The van der Waals surface area contributed by atoms with Crippen molar-refractivity contribution in [2.45, 2.75) is 11.0 Å². The summed E-state index contributed by atoms with van der Waals surface area (Å²) in [6.07, 6.45) is -1.48. The Bertz CT molecular complexity index is 598. The molecule has 0 radical (unpaired) electrons. The van der Waals surface area contributed by atoms with Crippen LogP contribution in [0.25, 0.3) is 0 Å². The van der Waals surface area contributed by atoms with Gasteiger partial charge in [-0.1, -0.05) is 23.2 Å². The second-order valence-corrected chi connectivity index (χ2v) is 6.45. The van der Waals surface area contributed by atoms with Gasteiger partial charge in [-0.05, 0) is 12.1 Å². The van der Waals surface area contributed by atoms with Crippen LogP contribution in [-0.4, -0.2) is 48.2 Å². The number of carboxylic acid groups (broad SMARTS) is 1. The Morgan fingerprint density at radius 2 is 1.89 bits per heavy atom. The lowest BCUT2D eigenvalue weighted by Crippen LogP contribution is -2.24. The first-order chi connectivity index (χ1) is 8.70. The molecule has 106 valence electrons. The van der Waals surface area contributed by atoms with Crippen molar-refractivity contribution in [3.05, 3.63) is 27.7 Å². The average Bonchev–Trinajstić information content (AvgIpc) is 2.27. The fourth-order valence-corrected chi connectivity index (χ4v) is 3.69. The van der Waals surface area contributed by atoms with Crippen LogP contribution in [-0.2, 0) is 9.84 Å². The normalized spacial score (nSPS) is 13.3. The monoisotopic (exact) mass is 328 g/mol. The third kappa shape index (κ3) is 3.58. The number of benzene rings is 1. The summed E-state index contributed by atoms with van der Waals surface area (Å²) >= 11 is 11.4. The molecule has 0 heterocycles. The lowest BCUT2D eigenvalue weighted by molar-refractivity contribution is 0.0697. The fraction of sp³-hybridized carbons (Fsp3) is 0.300. The van der Waals surface area contributed by atoms with Gasteiger partial charge in [0.15, 0.2) is 9.84 Å². The van der Waals surface area contributed by atoms with Crippen LogP contribution in [0.1, 0.15) is 10.4 Å². The molecule has 0 saturated heterocycles. The van der Waals surface area contributed by atoms with Crippen LogP contribution in [0.3, 0.4) is 0 Å². The van der Waals surface area contributed by atoms with Crippen LogP contribution >= 0.6 is 23.2 Å². The Morgan fingerprint density at radius 1 is 1.32 bits per heavy atom. The minimum atomic E-state index is -4.04. The summed E-state index contributed by atoms with van der Waals surface area (Å²) in [5, 5.41) is 26.0. The van der Waals surface area contributed by atoms with E-state index >= 15 is 0 Å². The fourth-order valence-electron chi connectivity index (χ4n) is 1.37. The summed E-state index contributed by atoms with van der Waals surface area (Å²) in [6.45, 7) is -0.740. The molecule has 1 atom stereocenters. The lowest BCUT2D eigenvalue weighted by atomic mass is 10.2. The Labute approximate surface area is 119 Å². The van der Waals surface area contributed by atoms with E-state index in [9.17, 15) is 13.2 Å². The molecule has 0 aromatic heterocycles. The van der Waals surface area contributed by atoms with Gasteiger partial charge in [-0.3, -0.25) is 0 Å². The Hall–Kier alpha value is -0.860. The maximum atomic E-state index is 11.9. The van der Waals surface area contributed by atoms with E-state index in [0.717, 1.165) is 12.1 Å². The van der Waals surface area contributed by atoms with E-state index in [1.54, 1.807) is 0 Å². The molecule has 0 aliphatic carbocycles. The molecule has 0 aliphatic heterocycles. The summed E-state index contributed by atoms with van der Waals surface area (Å²) < 4.78 is 23.8. The van der Waals surface area contributed by atoms with Gasteiger partial charge >= 0.3 is 5.97 Å². The van der Waals surface area contributed by atoms with Crippen LogP contribution in [0.15, 0.2) is 17.0 Å². The molecule has 9 heteroatoms. The first kappa shape index (κ1) is 16.2. The predicted octanol–water partition coefficient (Wildman–Crippen LogP) is 0.819. The van der Waals surface area contributed by atoms with Gasteiger partial charge in [-0.2, -0.15) is 0 Å². The molecule has 6 nitrogen and oxygen atoms in total. The van der Waals surface area contributed by atoms with Crippen molar-refractivity contribution in [2.24, 2.45) is 0 Å². The van der Waals surface area contributed by atoms with Crippen LogP contribution < -0.4 is 0 Å². The quantitative estimate of drug-likeness (QED) is 0.737. The number of hydrogen-bond donors (Lipinski definition) is 3. The molecule has 0 fully saturated rings. The number of halogens is 2. The average molecular weight is 329 g/mol. The molecule has 0 aliphatic rings. The summed E-state index contributed by atoms with van der Waals surface area (Å²) in [7, 11) is -4.04. The lowest BCUT2D eigenvalue weighted by Gasteiger charge is -2.11. The second-order valence-electron chi connectivity index (χ2n) is 3.66. The molecule has 3 N–H and O–H groups in total. The number of aliphatic hydroxyl groups is 2. The third-order valence-corrected chi connectivity index (χ3v) is 4.88. The summed E-state index contributed by atoms with van der Waals surface area (Å²) in [6, 6.07) is 2.14. The number of sulfone groups is 1. The zero-order chi connectivity index (χ0) is 14.8. The third-order valence-electron chi connectivity index (χ3n) is 2.23. The van der Waals surface area contributed by atoms with Crippen molar-refractivity contribution >= 4 is 39.0 Å². The number of aromatic carboxylic acids is 1. The highest BCUT2D eigenvalue weighted by Gasteiger charge is 2.26. The van der Waals surface area contributed by atoms with Crippen LogP contribution in [0, 0.1) is 0 Å². The number of rotatable bonds is 5. The SMILES string of the molecule is O=C(O)c1c(Cl)ccc(S(=O)(=O)CC(O)CO)c1Cl. The number of carbonyl (C=O) groups is 1. The summed E-state index contributed by atoms with van der Waals surface area (Å²) in [5.74, 6) is -2.24. The molecule has 1 aromatic carbocycles. The Morgan fingerprint density at radius 3 is 2.37 bits per heavy atom. The molecular formula is C10H10Cl2O6S. The van der Waals surface area contributed by atoms with E-state index in [2.05, 4.69) is 0 Å². The number of carboxylic acids is 1. The van der Waals surface area contributed by atoms with E-state index in [-0.39, 0.29) is 5.02 Å². The zero-order valence-electron chi connectivity index (χ0n) is 9.38. The minimum absolute atomic E-state index is 0.195. The molecule has 0 amide bonds. The van der Waals surface area contributed by atoms with E-state index < -0.39 is 49.8 Å². The highest BCUT2D eigenvalue weighted by molar-refractivity contribution is 7.91. The first-order valence-corrected chi connectivity index (χ1v) is 7.34. The smallest absolute Gasteiger partial charge is 0.338 e. The number of hydrogen-bond acceptors (Lipinski definition) is 5. The molecular weight excluding hydrogens is 319 g/mol. The summed E-state index contributed by atoms with van der Waals surface area (Å²) in [5.41, 5.74) is -0.525. The van der Waals surface area contributed by atoms with Gasteiger partial charge in [-0.25, -0.2) is 13.2 Å². The largest absolute Gasteiger partial charge is 0.478 e. The molecule has 0 spiro atoms. The van der Waals surface area contributed by atoms with E-state index in [4.69, 9.17) is 38.5 Å². The van der Waals surface area contributed by atoms with Gasteiger partial charge in [0, 0.05) is 0 Å². The van der Waals surface area contributed by atoms with Gasteiger partial charge in [-0.15, -0.1) is 0 Å². The molecule has 1 rings (SSSR count). The molecule has 19 heavy (non-hydrogen) atoms. The standard InChI is InChI=1S/C10H10Cl2O6S/c11-6-1-2-7(9(12)8(6)10(15)16)19(17,18)4-5(14)3-13/h1-2,5,13-14H,3-4H2,(H,15,16). The van der Waals surface area contributed by atoms with Gasteiger partial charge in [0.2, 0.25) is 0 Å². The summed E-state index contributed by atoms with van der Waals surface area (Å²) in [4.78, 5) is 10.5. The van der Waals surface area contributed by atoms with Gasteiger partial charge < -0.3 is 15.3 Å². The first-order valence-electron chi connectivity index (χ1n) is 4.93.